The number of ether oxygens (including phenoxy) is 1. The summed E-state index contributed by atoms with van der Waals surface area (Å²) in [7, 11) is 1.62. The molecule has 1 rings (SSSR count). The van der Waals surface area contributed by atoms with Crippen molar-refractivity contribution >= 4 is 0 Å². The number of hydrogen-bond acceptors (Lipinski definition) is 3. The zero-order chi connectivity index (χ0) is 14.3. The molecule has 3 N–H and O–H groups in total. The van der Waals surface area contributed by atoms with E-state index < -0.39 is 11.6 Å². The fraction of sp³-hybridized carbons (Fsp3) is 0.571. The second-order valence-corrected chi connectivity index (χ2v) is 4.64. The quantitative estimate of drug-likeness (QED) is 0.764. The van der Waals surface area contributed by atoms with Crippen molar-refractivity contribution in [3.05, 3.63) is 35.4 Å². The van der Waals surface area contributed by atoms with Gasteiger partial charge in [0.05, 0.1) is 6.61 Å². The SMILES string of the molecule is COCC(CCCN)NC(C)c1cc(F)ccc1F. The molecular formula is C14H22F2N2O. The molecule has 0 spiro atoms. The minimum absolute atomic E-state index is 0.0752. The second kappa shape index (κ2) is 8.19. The van der Waals surface area contributed by atoms with Crippen LogP contribution >= 0.6 is 0 Å². The van der Waals surface area contributed by atoms with Crippen LogP contribution < -0.4 is 11.1 Å². The van der Waals surface area contributed by atoms with Crippen LogP contribution in [0.25, 0.3) is 0 Å². The first kappa shape index (κ1) is 16.0. The van der Waals surface area contributed by atoms with E-state index in [4.69, 9.17) is 10.5 Å². The molecule has 0 saturated carbocycles. The Balaban J connectivity index is 2.69. The summed E-state index contributed by atoms with van der Waals surface area (Å²) < 4.78 is 31.9. The number of rotatable bonds is 8. The van der Waals surface area contributed by atoms with Gasteiger partial charge in [-0.15, -0.1) is 0 Å². The van der Waals surface area contributed by atoms with E-state index >= 15 is 0 Å². The van der Waals surface area contributed by atoms with Crippen molar-refractivity contribution in [2.45, 2.75) is 31.8 Å². The Bertz CT molecular complexity index is 388. The Hall–Kier alpha value is -1.04. The summed E-state index contributed by atoms with van der Waals surface area (Å²) in [5.74, 6) is -0.841. The van der Waals surface area contributed by atoms with Gasteiger partial charge in [-0.3, -0.25) is 0 Å². The van der Waals surface area contributed by atoms with Crippen LogP contribution in [0.1, 0.15) is 31.4 Å². The van der Waals surface area contributed by atoms with Gasteiger partial charge in [0.25, 0.3) is 0 Å². The molecule has 0 aliphatic carbocycles. The normalized spacial score (nSPS) is 14.4. The molecule has 0 aliphatic heterocycles. The average molecular weight is 272 g/mol. The van der Waals surface area contributed by atoms with Gasteiger partial charge in [-0.25, -0.2) is 8.78 Å². The standard InChI is InChI=1S/C14H22F2N2O/c1-10(13-8-11(15)5-6-14(13)16)18-12(9-19-2)4-3-7-17/h5-6,8,10,12,18H,3-4,7,9,17H2,1-2H3. The van der Waals surface area contributed by atoms with Gasteiger partial charge >= 0.3 is 0 Å². The highest BCUT2D eigenvalue weighted by Gasteiger charge is 2.16. The van der Waals surface area contributed by atoms with Crippen LogP contribution in [0.5, 0.6) is 0 Å². The van der Waals surface area contributed by atoms with Crippen LogP contribution in [-0.4, -0.2) is 26.3 Å². The first-order chi connectivity index (χ1) is 9.08. The molecule has 0 fully saturated rings. The van der Waals surface area contributed by atoms with E-state index in [1.165, 1.54) is 6.07 Å². The van der Waals surface area contributed by atoms with Crippen molar-refractivity contribution < 1.29 is 13.5 Å². The van der Waals surface area contributed by atoms with Crippen LogP contribution in [0.2, 0.25) is 0 Å². The van der Waals surface area contributed by atoms with Crippen LogP contribution in [-0.2, 0) is 4.74 Å². The second-order valence-electron chi connectivity index (χ2n) is 4.64. The summed E-state index contributed by atoms with van der Waals surface area (Å²) >= 11 is 0. The van der Waals surface area contributed by atoms with Gasteiger partial charge in [-0.1, -0.05) is 0 Å². The van der Waals surface area contributed by atoms with Gasteiger partial charge in [0.2, 0.25) is 0 Å². The number of hydrogen-bond donors (Lipinski definition) is 2. The average Bonchev–Trinajstić information content (AvgIpc) is 2.39. The van der Waals surface area contributed by atoms with Gasteiger partial charge in [0.1, 0.15) is 11.6 Å². The smallest absolute Gasteiger partial charge is 0.128 e. The third kappa shape index (κ3) is 5.22. The van der Waals surface area contributed by atoms with Crippen LogP contribution in [0.3, 0.4) is 0 Å². The highest BCUT2D eigenvalue weighted by molar-refractivity contribution is 5.21. The van der Waals surface area contributed by atoms with Gasteiger partial charge in [-0.2, -0.15) is 0 Å². The molecule has 0 heterocycles. The van der Waals surface area contributed by atoms with Gasteiger partial charge in [0.15, 0.2) is 0 Å². The lowest BCUT2D eigenvalue weighted by Crippen LogP contribution is -2.36. The summed E-state index contributed by atoms with van der Waals surface area (Å²) in [4.78, 5) is 0. The molecule has 0 radical (unpaired) electrons. The first-order valence-electron chi connectivity index (χ1n) is 6.48. The third-order valence-electron chi connectivity index (χ3n) is 3.03. The van der Waals surface area contributed by atoms with E-state index in [9.17, 15) is 8.78 Å². The summed E-state index contributed by atoms with van der Waals surface area (Å²) in [6, 6.07) is 3.28. The van der Waals surface area contributed by atoms with Crippen molar-refractivity contribution in [2.24, 2.45) is 5.73 Å². The molecular weight excluding hydrogens is 250 g/mol. The molecule has 0 aliphatic rings. The number of methoxy groups -OCH3 is 1. The lowest BCUT2D eigenvalue weighted by atomic mass is 10.0. The Labute approximate surface area is 113 Å². The summed E-state index contributed by atoms with van der Waals surface area (Å²) in [5.41, 5.74) is 5.81. The Morgan fingerprint density at radius 3 is 2.74 bits per heavy atom. The summed E-state index contributed by atoms with van der Waals surface area (Å²) in [6.45, 7) is 2.93. The molecule has 1 aromatic rings. The molecule has 0 bridgehead atoms. The van der Waals surface area contributed by atoms with E-state index in [2.05, 4.69) is 5.32 Å². The molecule has 5 heteroatoms. The van der Waals surface area contributed by atoms with Crippen LogP contribution in [0, 0.1) is 11.6 Å². The van der Waals surface area contributed by atoms with Crippen molar-refractivity contribution in [3.63, 3.8) is 0 Å². The van der Waals surface area contributed by atoms with Crippen LogP contribution in [0.4, 0.5) is 8.78 Å². The lowest BCUT2D eigenvalue weighted by Gasteiger charge is -2.23. The molecule has 2 unspecified atom stereocenters. The zero-order valence-electron chi connectivity index (χ0n) is 11.5. The molecule has 0 aromatic heterocycles. The van der Waals surface area contributed by atoms with Gasteiger partial charge in [-0.05, 0) is 44.5 Å². The van der Waals surface area contributed by atoms with Gasteiger partial charge in [0, 0.05) is 24.8 Å². The van der Waals surface area contributed by atoms with Crippen molar-refractivity contribution in [2.75, 3.05) is 20.3 Å². The molecule has 2 atom stereocenters. The Morgan fingerprint density at radius 2 is 2.11 bits per heavy atom. The highest BCUT2D eigenvalue weighted by atomic mass is 19.1. The fourth-order valence-corrected chi connectivity index (χ4v) is 2.07. The molecule has 0 amide bonds. The minimum atomic E-state index is -0.435. The zero-order valence-corrected chi connectivity index (χ0v) is 11.5. The Morgan fingerprint density at radius 1 is 1.37 bits per heavy atom. The van der Waals surface area contributed by atoms with E-state index in [0.717, 1.165) is 25.0 Å². The topological polar surface area (TPSA) is 47.3 Å². The van der Waals surface area contributed by atoms with Crippen molar-refractivity contribution in [1.82, 2.24) is 5.32 Å². The first-order valence-corrected chi connectivity index (χ1v) is 6.48. The van der Waals surface area contributed by atoms with Gasteiger partial charge < -0.3 is 15.8 Å². The molecule has 0 saturated heterocycles. The monoisotopic (exact) mass is 272 g/mol. The number of nitrogens with one attached hydrogen (secondary N) is 1. The maximum Gasteiger partial charge on any atom is 0.128 e. The van der Waals surface area contributed by atoms with Crippen molar-refractivity contribution in [1.29, 1.82) is 0 Å². The summed E-state index contributed by atoms with van der Waals surface area (Å²) in [6.07, 6.45) is 1.70. The van der Waals surface area contributed by atoms with E-state index in [-0.39, 0.29) is 12.1 Å². The molecule has 1 aromatic carbocycles. The summed E-state index contributed by atoms with van der Waals surface area (Å²) in [5, 5.41) is 3.25. The predicted molar refractivity (Wildman–Crippen MR) is 71.9 cm³/mol. The Kier molecular flexibility index (Phi) is 6.91. The lowest BCUT2D eigenvalue weighted by molar-refractivity contribution is 0.156. The minimum Gasteiger partial charge on any atom is -0.383 e. The molecule has 108 valence electrons. The molecule has 3 nitrogen and oxygen atoms in total. The maximum atomic E-state index is 13.7. The van der Waals surface area contributed by atoms with Crippen molar-refractivity contribution in [3.8, 4) is 0 Å². The predicted octanol–water partition coefficient (Wildman–Crippen LogP) is 2.37. The van der Waals surface area contributed by atoms with Crippen LogP contribution in [0.15, 0.2) is 18.2 Å². The number of benzene rings is 1. The largest absolute Gasteiger partial charge is 0.383 e. The third-order valence-corrected chi connectivity index (χ3v) is 3.03. The highest BCUT2D eigenvalue weighted by Crippen LogP contribution is 2.19. The number of nitrogens with two attached hydrogens (primary N) is 1. The van der Waals surface area contributed by atoms with E-state index in [1.54, 1.807) is 7.11 Å². The van der Waals surface area contributed by atoms with E-state index in [1.807, 2.05) is 6.92 Å². The maximum absolute atomic E-state index is 13.7. The molecule has 19 heavy (non-hydrogen) atoms. The number of halogens is 2. The fourth-order valence-electron chi connectivity index (χ4n) is 2.07. The van der Waals surface area contributed by atoms with E-state index in [0.29, 0.717) is 18.7 Å².